The standard InChI is InChI=1S/C10H17NO3/c1-8(4-3-7-14-2)11-9(12)5-6-10(11)13/h8H,3-7H2,1-2H3. The third-order valence-corrected chi connectivity index (χ3v) is 2.50. The lowest BCUT2D eigenvalue weighted by molar-refractivity contribution is -0.140. The van der Waals surface area contributed by atoms with Crippen LogP contribution in [0.5, 0.6) is 0 Å². The van der Waals surface area contributed by atoms with Gasteiger partial charge < -0.3 is 4.74 Å². The summed E-state index contributed by atoms with van der Waals surface area (Å²) in [5.41, 5.74) is 0. The van der Waals surface area contributed by atoms with Crippen LogP contribution in [0.25, 0.3) is 0 Å². The van der Waals surface area contributed by atoms with Crippen LogP contribution >= 0.6 is 0 Å². The smallest absolute Gasteiger partial charge is 0.229 e. The van der Waals surface area contributed by atoms with Crippen LogP contribution in [0.15, 0.2) is 0 Å². The zero-order chi connectivity index (χ0) is 10.6. The summed E-state index contributed by atoms with van der Waals surface area (Å²) >= 11 is 0. The third kappa shape index (κ3) is 2.54. The average molecular weight is 199 g/mol. The van der Waals surface area contributed by atoms with E-state index in [4.69, 9.17) is 4.74 Å². The van der Waals surface area contributed by atoms with Crippen molar-refractivity contribution in [3.8, 4) is 0 Å². The van der Waals surface area contributed by atoms with Gasteiger partial charge in [0.25, 0.3) is 0 Å². The minimum Gasteiger partial charge on any atom is -0.385 e. The summed E-state index contributed by atoms with van der Waals surface area (Å²) in [7, 11) is 1.65. The second-order valence-electron chi connectivity index (χ2n) is 3.64. The molecule has 1 fully saturated rings. The zero-order valence-electron chi connectivity index (χ0n) is 8.78. The first-order chi connectivity index (χ1) is 6.66. The number of hydrogen-bond acceptors (Lipinski definition) is 3. The molecule has 0 aromatic rings. The minimum absolute atomic E-state index is 0.0210. The highest BCUT2D eigenvalue weighted by molar-refractivity contribution is 6.02. The molecule has 1 atom stereocenters. The molecule has 0 saturated carbocycles. The number of carbonyl (C=O) groups excluding carboxylic acids is 2. The van der Waals surface area contributed by atoms with Crippen molar-refractivity contribution in [2.75, 3.05) is 13.7 Å². The van der Waals surface area contributed by atoms with Crippen molar-refractivity contribution in [1.82, 2.24) is 4.90 Å². The van der Waals surface area contributed by atoms with Gasteiger partial charge in [-0.15, -0.1) is 0 Å². The highest BCUT2D eigenvalue weighted by atomic mass is 16.5. The van der Waals surface area contributed by atoms with Crippen LogP contribution in [0.1, 0.15) is 32.6 Å². The Hall–Kier alpha value is -0.900. The van der Waals surface area contributed by atoms with Gasteiger partial charge in [0.15, 0.2) is 0 Å². The summed E-state index contributed by atoms with van der Waals surface area (Å²) in [6.07, 6.45) is 2.47. The molecule has 1 unspecified atom stereocenters. The van der Waals surface area contributed by atoms with E-state index in [1.165, 1.54) is 4.90 Å². The number of likely N-dealkylation sites (tertiary alicyclic amines) is 1. The predicted molar refractivity (Wildman–Crippen MR) is 51.7 cm³/mol. The summed E-state index contributed by atoms with van der Waals surface area (Å²) in [6, 6.07) is 0.0210. The molecule has 14 heavy (non-hydrogen) atoms. The lowest BCUT2D eigenvalue weighted by Crippen LogP contribution is -2.37. The number of methoxy groups -OCH3 is 1. The highest BCUT2D eigenvalue weighted by Gasteiger charge is 2.32. The summed E-state index contributed by atoms with van der Waals surface area (Å²) in [5.74, 6) is -0.0557. The number of nitrogens with zero attached hydrogens (tertiary/aromatic N) is 1. The number of hydrogen-bond donors (Lipinski definition) is 0. The molecule has 1 heterocycles. The summed E-state index contributed by atoms with van der Waals surface area (Å²) in [5, 5.41) is 0. The van der Waals surface area contributed by atoms with E-state index in [2.05, 4.69) is 0 Å². The predicted octanol–water partition coefficient (Wildman–Crippen LogP) is 0.950. The van der Waals surface area contributed by atoms with E-state index in [-0.39, 0.29) is 17.9 Å². The number of carbonyl (C=O) groups is 2. The van der Waals surface area contributed by atoms with E-state index in [0.29, 0.717) is 19.4 Å². The molecule has 4 nitrogen and oxygen atoms in total. The Bertz CT molecular complexity index is 211. The fourth-order valence-corrected chi connectivity index (χ4v) is 1.74. The molecule has 4 heteroatoms. The van der Waals surface area contributed by atoms with Gasteiger partial charge in [-0.25, -0.2) is 0 Å². The molecule has 0 radical (unpaired) electrons. The Balaban J connectivity index is 2.39. The van der Waals surface area contributed by atoms with Crippen molar-refractivity contribution >= 4 is 11.8 Å². The molecule has 0 bridgehead atoms. The average Bonchev–Trinajstić information content (AvgIpc) is 2.46. The molecule has 0 aliphatic carbocycles. The Morgan fingerprint density at radius 3 is 2.43 bits per heavy atom. The quantitative estimate of drug-likeness (QED) is 0.489. The van der Waals surface area contributed by atoms with Crippen LogP contribution in [0, 0.1) is 0 Å². The normalized spacial score (nSPS) is 19.1. The maximum absolute atomic E-state index is 11.3. The monoisotopic (exact) mass is 199 g/mol. The largest absolute Gasteiger partial charge is 0.385 e. The first-order valence-electron chi connectivity index (χ1n) is 5.00. The molecule has 0 aromatic carbocycles. The Morgan fingerprint density at radius 1 is 1.36 bits per heavy atom. The van der Waals surface area contributed by atoms with Crippen LogP contribution < -0.4 is 0 Å². The maximum atomic E-state index is 11.3. The van der Waals surface area contributed by atoms with Gasteiger partial charge in [0.05, 0.1) is 0 Å². The SMILES string of the molecule is COCCCC(C)N1C(=O)CCC1=O. The van der Waals surface area contributed by atoms with E-state index < -0.39 is 0 Å². The van der Waals surface area contributed by atoms with E-state index in [1.807, 2.05) is 6.92 Å². The van der Waals surface area contributed by atoms with Crippen LogP contribution in [0.3, 0.4) is 0 Å². The number of imide groups is 1. The lowest BCUT2D eigenvalue weighted by Gasteiger charge is -2.22. The first kappa shape index (κ1) is 11.2. The van der Waals surface area contributed by atoms with E-state index >= 15 is 0 Å². The first-order valence-corrected chi connectivity index (χ1v) is 5.00. The fourth-order valence-electron chi connectivity index (χ4n) is 1.74. The molecule has 1 aliphatic heterocycles. The van der Waals surface area contributed by atoms with Crippen LogP contribution in [-0.2, 0) is 14.3 Å². The van der Waals surface area contributed by atoms with Gasteiger partial charge in [-0.3, -0.25) is 14.5 Å². The van der Waals surface area contributed by atoms with Crippen molar-refractivity contribution < 1.29 is 14.3 Å². The van der Waals surface area contributed by atoms with Crippen LogP contribution in [0.4, 0.5) is 0 Å². The van der Waals surface area contributed by atoms with Crippen molar-refractivity contribution in [3.05, 3.63) is 0 Å². The third-order valence-electron chi connectivity index (χ3n) is 2.50. The summed E-state index contributed by atoms with van der Waals surface area (Å²) in [6.45, 7) is 2.59. The summed E-state index contributed by atoms with van der Waals surface area (Å²) < 4.78 is 4.92. The van der Waals surface area contributed by atoms with Gasteiger partial charge >= 0.3 is 0 Å². The van der Waals surface area contributed by atoms with Gasteiger partial charge in [0.1, 0.15) is 0 Å². The minimum atomic E-state index is -0.0279. The molecular formula is C10H17NO3. The molecular weight excluding hydrogens is 182 g/mol. The lowest BCUT2D eigenvalue weighted by atomic mass is 10.1. The Kier molecular flexibility index (Phi) is 4.07. The Morgan fingerprint density at radius 2 is 1.93 bits per heavy atom. The number of rotatable bonds is 5. The molecule has 1 rings (SSSR count). The molecule has 1 saturated heterocycles. The molecule has 2 amide bonds. The van der Waals surface area contributed by atoms with E-state index in [9.17, 15) is 9.59 Å². The van der Waals surface area contributed by atoms with Gasteiger partial charge in [-0.05, 0) is 19.8 Å². The van der Waals surface area contributed by atoms with Gasteiger partial charge in [0.2, 0.25) is 11.8 Å². The highest BCUT2D eigenvalue weighted by Crippen LogP contribution is 2.17. The van der Waals surface area contributed by atoms with Crippen molar-refractivity contribution in [3.63, 3.8) is 0 Å². The van der Waals surface area contributed by atoms with E-state index in [1.54, 1.807) is 7.11 Å². The van der Waals surface area contributed by atoms with Crippen LogP contribution in [-0.4, -0.2) is 36.5 Å². The Labute approximate surface area is 84.2 Å². The fraction of sp³-hybridized carbons (Fsp3) is 0.800. The summed E-state index contributed by atoms with van der Waals surface area (Å²) in [4.78, 5) is 24.1. The number of ether oxygens (including phenoxy) is 1. The number of amides is 2. The second-order valence-corrected chi connectivity index (χ2v) is 3.64. The van der Waals surface area contributed by atoms with E-state index in [0.717, 1.165) is 12.8 Å². The molecule has 0 aromatic heterocycles. The maximum Gasteiger partial charge on any atom is 0.229 e. The van der Waals surface area contributed by atoms with Crippen molar-refractivity contribution in [2.45, 2.75) is 38.6 Å². The van der Waals surface area contributed by atoms with Crippen LogP contribution in [0.2, 0.25) is 0 Å². The molecule has 1 aliphatic rings. The van der Waals surface area contributed by atoms with Gasteiger partial charge in [-0.2, -0.15) is 0 Å². The second kappa shape index (κ2) is 5.10. The molecule has 0 spiro atoms. The van der Waals surface area contributed by atoms with Gasteiger partial charge in [-0.1, -0.05) is 0 Å². The zero-order valence-corrected chi connectivity index (χ0v) is 8.78. The van der Waals surface area contributed by atoms with Crippen molar-refractivity contribution in [1.29, 1.82) is 0 Å². The molecule has 0 N–H and O–H groups in total. The molecule has 80 valence electrons. The van der Waals surface area contributed by atoms with Gasteiger partial charge in [0, 0.05) is 32.6 Å². The topological polar surface area (TPSA) is 46.6 Å². The van der Waals surface area contributed by atoms with Crippen molar-refractivity contribution in [2.24, 2.45) is 0 Å².